The van der Waals surface area contributed by atoms with Gasteiger partial charge in [0.05, 0.1) is 4.92 Å². The molecule has 0 saturated heterocycles. The lowest BCUT2D eigenvalue weighted by Gasteiger charge is -2.25. The number of hydrogen-bond donors (Lipinski definition) is 2. The minimum absolute atomic E-state index is 0.0676. The molecule has 1 rings (SSSR count). The maximum Gasteiger partial charge on any atom is 0.333 e. The second-order valence-electron chi connectivity index (χ2n) is 5.01. The molecule has 0 aromatic carbocycles. The number of aromatic nitrogens is 2. The van der Waals surface area contributed by atoms with Crippen LogP contribution in [0.15, 0.2) is 0 Å². The Balaban J connectivity index is 3.18. The second kappa shape index (κ2) is 5.25. The lowest BCUT2D eigenvalue weighted by atomic mass is 10.0. The van der Waals surface area contributed by atoms with E-state index in [-0.39, 0.29) is 12.1 Å². The van der Waals surface area contributed by atoms with E-state index < -0.39 is 16.4 Å². The van der Waals surface area contributed by atoms with Crippen LogP contribution < -0.4 is 11.1 Å². The zero-order valence-corrected chi connectivity index (χ0v) is 11.6. The first kappa shape index (κ1) is 14.9. The van der Waals surface area contributed by atoms with Gasteiger partial charge in [0.1, 0.15) is 5.69 Å². The summed E-state index contributed by atoms with van der Waals surface area (Å²) in [5.74, 6) is -0.171. The van der Waals surface area contributed by atoms with Crippen LogP contribution in [0.25, 0.3) is 0 Å². The monoisotopic (exact) mass is 269 g/mol. The van der Waals surface area contributed by atoms with Crippen molar-refractivity contribution < 1.29 is 9.72 Å². The van der Waals surface area contributed by atoms with Crippen LogP contribution in [0.4, 0.5) is 11.5 Å². The average Bonchev–Trinajstić information content (AvgIpc) is 2.51. The summed E-state index contributed by atoms with van der Waals surface area (Å²) in [5, 5.41) is 18.2. The Morgan fingerprint density at radius 3 is 2.58 bits per heavy atom. The molecule has 8 heteroatoms. The Morgan fingerprint density at radius 2 is 2.16 bits per heavy atom. The van der Waals surface area contributed by atoms with Crippen LogP contribution in [-0.4, -0.2) is 26.1 Å². The molecule has 3 N–H and O–H groups in total. The van der Waals surface area contributed by atoms with Gasteiger partial charge >= 0.3 is 5.69 Å². The van der Waals surface area contributed by atoms with Gasteiger partial charge in [0, 0.05) is 18.5 Å². The summed E-state index contributed by atoms with van der Waals surface area (Å²) >= 11 is 0. The number of carbonyl (C=O) groups excluding carboxylic acids is 1. The van der Waals surface area contributed by atoms with Gasteiger partial charge in [0.2, 0.25) is 11.7 Å². The highest BCUT2D eigenvalue weighted by molar-refractivity contribution is 5.76. The van der Waals surface area contributed by atoms with E-state index in [0.29, 0.717) is 18.1 Å². The average molecular weight is 269 g/mol. The molecule has 106 valence electrons. The fourth-order valence-electron chi connectivity index (χ4n) is 1.94. The van der Waals surface area contributed by atoms with Crippen molar-refractivity contribution in [3.8, 4) is 0 Å². The lowest BCUT2D eigenvalue weighted by Crippen LogP contribution is -2.37. The van der Waals surface area contributed by atoms with Crippen LogP contribution in [0, 0.1) is 17.0 Å². The highest BCUT2D eigenvalue weighted by Crippen LogP contribution is 2.31. The highest BCUT2D eigenvalue weighted by Gasteiger charge is 2.30. The number of carbonyl (C=O) groups is 1. The summed E-state index contributed by atoms with van der Waals surface area (Å²) in [5.41, 5.74) is 4.75. The first-order valence-corrected chi connectivity index (χ1v) is 5.96. The number of nitrogens with one attached hydrogen (secondary N) is 1. The molecule has 0 aliphatic rings. The summed E-state index contributed by atoms with van der Waals surface area (Å²) < 4.78 is 1.51. The van der Waals surface area contributed by atoms with Crippen molar-refractivity contribution in [2.45, 2.75) is 46.2 Å². The quantitative estimate of drug-likeness (QED) is 0.594. The SMILES string of the molecule is CCn1nc(C)c([N+](=O)[O-])c1NC(C)(C)CC(N)=O. The number of hydrogen-bond acceptors (Lipinski definition) is 5. The van der Waals surface area contributed by atoms with Gasteiger partial charge in [-0.15, -0.1) is 0 Å². The first-order chi connectivity index (χ1) is 8.68. The molecule has 1 amide bonds. The van der Waals surface area contributed by atoms with Crippen molar-refractivity contribution >= 4 is 17.4 Å². The molecule has 1 heterocycles. The van der Waals surface area contributed by atoms with Crippen LogP contribution in [-0.2, 0) is 11.3 Å². The van der Waals surface area contributed by atoms with E-state index in [1.165, 1.54) is 4.68 Å². The molecule has 19 heavy (non-hydrogen) atoms. The molecule has 0 radical (unpaired) electrons. The number of aryl methyl sites for hydroxylation is 2. The number of primary amides is 1. The van der Waals surface area contributed by atoms with Crippen molar-refractivity contribution in [2.75, 3.05) is 5.32 Å². The van der Waals surface area contributed by atoms with Gasteiger partial charge in [-0.3, -0.25) is 14.9 Å². The lowest BCUT2D eigenvalue weighted by molar-refractivity contribution is -0.384. The molecule has 0 unspecified atom stereocenters. The number of rotatable bonds is 6. The van der Waals surface area contributed by atoms with Crippen molar-refractivity contribution in [1.82, 2.24) is 9.78 Å². The minimum Gasteiger partial charge on any atom is -0.370 e. The molecule has 0 bridgehead atoms. The van der Waals surface area contributed by atoms with Gasteiger partial charge in [-0.2, -0.15) is 5.10 Å². The number of nitro groups is 1. The number of nitrogens with two attached hydrogens (primary N) is 1. The summed E-state index contributed by atoms with van der Waals surface area (Å²) in [7, 11) is 0. The largest absolute Gasteiger partial charge is 0.370 e. The van der Waals surface area contributed by atoms with Crippen molar-refractivity contribution in [3.05, 3.63) is 15.8 Å². The summed E-state index contributed by atoms with van der Waals surface area (Å²) in [4.78, 5) is 21.6. The predicted molar refractivity (Wildman–Crippen MR) is 70.8 cm³/mol. The van der Waals surface area contributed by atoms with Crippen LogP contribution in [0.3, 0.4) is 0 Å². The van der Waals surface area contributed by atoms with Crippen LogP contribution in [0.1, 0.15) is 32.9 Å². The van der Waals surface area contributed by atoms with Gasteiger partial charge in [-0.05, 0) is 27.7 Å². The van der Waals surface area contributed by atoms with E-state index in [1.54, 1.807) is 20.8 Å². The zero-order chi connectivity index (χ0) is 14.8. The van der Waals surface area contributed by atoms with Crippen LogP contribution in [0.5, 0.6) is 0 Å². The van der Waals surface area contributed by atoms with Crippen LogP contribution in [0.2, 0.25) is 0 Å². The Hall–Kier alpha value is -2.12. The molecule has 0 saturated carbocycles. The summed E-state index contributed by atoms with van der Waals surface area (Å²) in [6, 6.07) is 0. The smallest absolute Gasteiger partial charge is 0.333 e. The van der Waals surface area contributed by atoms with Crippen LogP contribution >= 0.6 is 0 Å². The van der Waals surface area contributed by atoms with Crippen molar-refractivity contribution in [1.29, 1.82) is 0 Å². The topological polar surface area (TPSA) is 116 Å². The molecule has 0 aliphatic heterocycles. The molecule has 0 spiro atoms. The van der Waals surface area contributed by atoms with Crippen molar-refractivity contribution in [3.63, 3.8) is 0 Å². The molecule has 0 atom stereocenters. The van der Waals surface area contributed by atoms with Gasteiger partial charge in [-0.1, -0.05) is 0 Å². The summed E-state index contributed by atoms with van der Waals surface area (Å²) in [6.45, 7) is 7.41. The zero-order valence-electron chi connectivity index (χ0n) is 11.6. The molecule has 0 fully saturated rings. The number of anilines is 1. The fourth-order valence-corrected chi connectivity index (χ4v) is 1.94. The Morgan fingerprint density at radius 1 is 1.58 bits per heavy atom. The normalized spacial score (nSPS) is 11.4. The molecular formula is C11H19N5O3. The van der Waals surface area contributed by atoms with Gasteiger partial charge in [-0.25, -0.2) is 4.68 Å². The minimum atomic E-state index is -0.685. The van der Waals surface area contributed by atoms with E-state index >= 15 is 0 Å². The van der Waals surface area contributed by atoms with Gasteiger partial charge < -0.3 is 11.1 Å². The van der Waals surface area contributed by atoms with E-state index in [9.17, 15) is 14.9 Å². The first-order valence-electron chi connectivity index (χ1n) is 5.96. The van der Waals surface area contributed by atoms with E-state index in [2.05, 4.69) is 10.4 Å². The molecule has 0 aliphatic carbocycles. The Labute approximate surface area is 111 Å². The molecule has 8 nitrogen and oxygen atoms in total. The second-order valence-corrected chi connectivity index (χ2v) is 5.01. The number of nitrogens with zero attached hydrogens (tertiary/aromatic N) is 3. The van der Waals surface area contributed by atoms with Crippen molar-refractivity contribution in [2.24, 2.45) is 5.73 Å². The fraction of sp³-hybridized carbons (Fsp3) is 0.636. The third-order valence-corrected chi connectivity index (χ3v) is 2.65. The predicted octanol–water partition coefficient (Wildman–Crippen LogP) is 1.19. The molecule has 1 aromatic heterocycles. The third-order valence-electron chi connectivity index (χ3n) is 2.65. The standard InChI is InChI=1S/C11H19N5O3/c1-5-15-10(9(16(18)19)7(2)14-15)13-11(3,4)6-8(12)17/h13H,5-6H2,1-4H3,(H2,12,17). The van der Waals surface area contributed by atoms with E-state index in [0.717, 1.165) is 0 Å². The Kier molecular flexibility index (Phi) is 4.13. The molecular weight excluding hydrogens is 250 g/mol. The van der Waals surface area contributed by atoms with Gasteiger partial charge in [0.25, 0.3) is 0 Å². The number of amides is 1. The highest BCUT2D eigenvalue weighted by atomic mass is 16.6. The van der Waals surface area contributed by atoms with E-state index in [4.69, 9.17) is 5.73 Å². The van der Waals surface area contributed by atoms with Gasteiger partial charge in [0.15, 0.2) is 0 Å². The maximum absolute atomic E-state index is 11.1. The van der Waals surface area contributed by atoms with E-state index in [1.807, 2.05) is 6.92 Å². The Bertz CT molecular complexity index is 507. The maximum atomic E-state index is 11.1. The third kappa shape index (κ3) is 3.43. The molecule has 1 aromatic rings. The summed E-state index contributed by atoms with van der Waals surface area (Å²) in [6.07, 6.45) is 0.0676.